The standard InChI is InChI=1S/C25H25FN2O8S/c1-33-21-12-18(24(29)30)19(26)13-20(21)28-37(31,32)22-14-34-23(27-22)17-4-2-15(3-5-17)16-6-8-25(9-7-16)35-10-11-36-25/h2-5,12-14,16,28H,6-11H2,1H3,(H,29,30). The summed E-state index contributed by atoms with van der Waals surface area (Å²) < 4.78 is 64.1. The van der Waals surface area contributed by atoms with Gasteiger partial charge >= 0.3 is 5.97 Å². The van der Waals surface area contributed by atoms with Gasteiger partial charge in [0.05, 0.1) is 31.6 Å². The molecule has 1 aliphatic heterocycles. The highest BCUT2D eigenvalue weighted by molar-refractivity contribution is 7.92. The maximum Gasteiger partial charge on any atom is 0.338 e. The summed E-state index contributed by atoms with van der Waals surface area (Å²) in [6, 6.07) is 9.22. The molecule has 3 aromatic rings. The number of ether oxygens (including phenoxy) is 3. The Morgan fingerprint density at radius 3 is 2.46 bits per heavy atom. The number of sulfonamides is 1. The number of carboxylic acids is 1. The Morgan fingerprint density at radius 1 is 1.16 bits per heavy atom. The third kappa shape index (κ3) is 5.04. The van der Waals surface area contributed by atoms with Gasteiger partial charge in [-0.05, 0) is 42.5 Å². The summed E-state index contributed by atoms with van der Waals surface area (Å²) in [4.78, 5) is 15.2. The number of aromatic nitrogens is 1. The normalized spacial score (nSPS) is 17.7. The van der Waals surface area contributed by atoms with Crippen LogP contribution in [0.25, 0.3) is 11.5 Å². The molecular formula is C25H25FN2O8S. The van der Waals surface area contributed by atoms with Crippen LogP contribution in [-0.4, -0.2) is 50.6 Å². The van der Waals surface area contributed by atoms with E-state index in [2.05, 4.69) is 9.71 Å². The van der Waals surface area contributed by atoms with Crippen LogP contribution in [0.4, 0.5) is 10.1 Å². The largest absolute Gasteiger partial charge is 0.495 e. The fourth-order valence-electron chi connectivity index (χ4n) is 4.75. The van der Waals surface area contributed by atoms with Crippen molar-refractivity contribution < 1.29 is 41.3 Å². The molecule has 12 heteroatoms. The molecule has 2 heterocycles. The minimum absolute atomic E-state index is 0.0987. The predicted octanol–water partition coefficient (Wildman–Crippen LogP) is 4.39. The molecule has 1 saturated carbocycles. The number of nitrogens with zero attached hydrogens (tertiary/aromatic N) is 1. The van der Waals surface area contributed by atoms with E-state index in [4.69, 9.17) is 23.7 Å². The first kappa shape index (κ1) is 25.2. The zero-order valence-electron chi connectivity index (χ0n) is 19.9. The van der Waals surface area contributed by atoms with Crippen molar-refractivity contribution in [1.82, 2.24) is 4.98 Å². The molecule has 0 unspecified atom stereocenters. The summed E-state index contributed by atoms with van der Waals surface area (Å²) in [5.74, 6) is -2.74. The average molecular weight is 533 g/mol. The molecule has 10 nitrogen and oxygen atoms in total. The number of halogens is 1. The molecule has 2 N–H and O–H groups in total. The van der Waals surface area contributed by atoms with E-state index in [0.29, 0.717) is 24.7 Å². The molecule has 0 bridgehead atoms. The average Bonchev–Trinajstić information content (AvgIpc) is 3.55. The van der Waals surface area contributed by atoms with Gasteiger partial charge in [-0.3, -0.25) is 4.72 Å². The smallest absolute Gasteiger partial charge is 0.338 e. The topological polar surface area (TPSA) is 137 Å². The second kappa shape index (κ2) is 9.77. The minimum atomic E-state index is -4.29. The van der Waals surface area contributed by atoms with Crippen molar-refractivity contribution in [2.45, 2.75) is 42.4 Å². The van der Waals surface area contributed by atoms with E-state index >= 15 is 0 Å². The molecule has 1 saturated heterocycles. The molecular weight excluding hydrogens is 507 g/mol. The number of carbonyl (C=O) groups is 1. The van der Waals surface area contributed by atoms with Gasteiger partial charge in [-0.2, -0.15) is 13.4 Å². The van der Waals surface area contributed by atoms with Gasteiger partial charge in [-0.15, -0.1) is 0 Å². The number of hydrogen-bond donors (Lipinski definition) is 2. The van der Waals surface area contributed by atoms with Gasteiger partial charge in [-0.1, -0.05) is 12.1 Å². The molecule has 196 valence electrons. The second-order valence-electron chi connectivity index (χ2n) is 8.94. The van der Waals surface area contributed by atoms with Gasteiger partial charge in [0.1, 0.15) is 17.8 Å². The van der Waals surface area contributed by atoms with Crippen LogP contribution in [0.15, 0.2) is 52.1 Å². The van der Waals surface area contributed by atoms with Crippen LogP contribution >= 0.6 is 0 Å². The summed E-state index contributed by atoms with van der Waals surface area (Å²) in [5.41, 5.74) is 0.826. The van der Waals surface area contributed by atoms with E-state index in [1.165, 1.54) is 7.11 Å². The SMILES string of the molecule is COc1cc(C(=O)O)c(F)cc1NS(=O)(=O)c1coc(-c2ccc(C3CCC4(CC3)OCCO4)cc2)n1. The Labute approximate surface area is 212 Å². The van der Waals surface area contributed by atoms with E-state index in [-0.39, 0.29) is 17.3 Å². The summed E-state index contributed by atoms with van der Waals surface area (Å²) in [7, 11) is -3.09. The lowest BCUT2D eigenvalue weighted by Gasteiger charge is -2.35. The summed E-state index contributed by atoms with van der Waals surface area (Å²) in [6.07, 6.45) is 4.57. The summed E-state index contributed by atoms with van der Waals surface area (Å²) in [6.45, 7) is 1.29. The Balaban J connectivity index is 1.30. The number of benzene rings is 2. The lowest BCUT2D eigenvalue weighted by molar-refractivity contribution is -0.178. The number of oxazole rings is 1. The lowest BCUT2D eigenvalue weighted by Crippen LogP contribution is -2.34. The zero-order valence-corrected chi connectivity index (χ0v) is 20.7. The van der Waals surface area contributed by atoms with E-state index in [0.717, 1.165) is 49.6 Å². The molecule has 37 heavy (non-hydrogen) atoms. The highest BCUT2D eigenvalue weighted by atomic mass is 32.2. The van der Waals surface area contributed by atoms with Gasteiger partial charge in [-0.25, -0.2) is 9.18 Å². The van der Waals surface area contributed by atoms with Gasteiger partial charge in [0, 0.05) is 24.5 Å². The van der Waals surface area contributed by atoms with E-state index in [9.17, 15) is 17.6 Å². The third-order valence-electron chi connectivity index (χ3n) is 6.71. The van der Waals surface area contributed by atoms with Crippen LogP contribution in [0.5, 0.6) is 5.75 Å². The predicted molar refractivity (Wildman–Crippen MR) is 129 cm³/mol. The van der Waals surface area contributed by atoms with Crippen molar-refractivity contribution in [2.75, 3.05) is 25.0 Å². The van der Waals surface area contributed by atoms with Crippen LogP contribution in [0.3, 0.4) is 0 Å². The second-order valence-corrected chi connectivity index (χ2v) is 10.6. The summed E-state index contributed by atoms with van der Waals surface area (Å²) >= 11 is 0. The first-order valence-electron chi connectivity index (χ1n) is 11.7. The maximum atomic E-state index is 14.1. The molecule has 1 aromatic heterocycles. The van der Waals surface area contributed by atoms with Crippen molar-refractivity contribution in [3.05, 3.63) is 59.6 Å². The van der Waals surface area contributed by atoms with Crippen LogP contribution < -0.4 is 9.46 Å². The molecule has 0 amide bonds. The molecule has 2 aliphatic rings. The highest BCUT2D eigenvalue weighted by Crippen LogP contribution is 2.42. The van der Waals surface area contributed by atoms with Gasteiger partial charge in [0.2, 0.25) is 10.9 Å². The van der Waals surface area contributed by atoms with Crippen LogP contribution in [-0.2, 0) is 19.5 Å². The molecule has 1 spiro atoms. The van der Waals surface area contributed by atoms with Crippen molar-refractivity contribution in [1.29, 1.82) is 0 Å². The third-order valence-corrected chi connectivity index (χ3v) is 7.94. The van der Waals surface area contributed by atoms with Crippen molar-refractivity contribution in [2.24, 2.45) is 0 Å². The van der Waals surface area contributed by atoms with Crippen LogP contribution in [0.2, 0.25) is 0 Å². The number of rotatable bonds is 7. The minimum Gasteiger partial charge on any atom is -0.495 e. The van der Waals surface area contributed by atoms with Crippen LogP contribution in [0.1, 0.15) is 47.5 Å². The van der Waals surface area contributed by atoms with E-state index < -0.39 is 38.2 Å². The monoisotopic (exact) mass is 532 g/mol. The number of methoxy groups -OCH3 is 1. The zero-order chi connectivity index (χ0) is 26.2. The fraction of sp³-hybridized carbons (Fsp3) is 0.360. The van der Waals surface area contributed by atoms with Gasteiger partial charge in [0.15, 0.2) is 5.79 Å². The Hall–Kier alpha value is -3.48. The van der Waals surface area contributed by atoms with Gasteiger partial charge in [0.25, 0.3) is 10.0 Å². The lowest BCUT2D eigenvalue weighted by atomic mass is 9.81. The van der Waals surface area contributed by atoms with Crippen molar-refractivity contribution in [3.63, 3.8) is 0 Å². The van der Waals surface area contributed by atoms with Crippen LogP contribution in [0, 0.1) is 5.82 Å². The van der Waals surface area contributed by atoms with Crippen molar-refractivity contribution >= 4 is 21.7 Å². The van der Waals surface area contributed by atoms with Gasteiger partial charge < -0.3 is 23.7 Å². The number of hydrogen-bond acceptors (Lipinski definition) is 8. The van der Waals surface area contributed by atoms with E-state index in [1.54, 1.807) is 0 Å². The molecule has 5 rings (SSSR count). The Morgan fingerprint density at radius 2 is 1.84 bits per heavy atom. The first-order valence-corrected chi connectivity index (χ1v) is 13.2. The number of carboxylic acid groups (broad SMARTS) is 1. The Bertz CT molecular complexity index is 1400. The number of anilines is 1. The molecule has 0 atom stereocenters. The van der Waals surface area contributed by atoms with Crippen molar-refractivity contribution in [3.8, 4) is 17.2 Å². The summed E-state index contributed by atoms with van der Waals surface area (Å²) in [5, 5.41) is 8.64. The molecule has 0 radical (unpaired) electrons. The maximum absolute atomic E-state index is 14.1. The Kier molecular flexibility index (Phi) is 6.65. The van der Waals surface area contributed by atoms with E-state index in [1.807, 2.05) is 24.3 Å². The molecule has 2 fully saturated rings. The number of aromatic carboxylic acids is 1. The number of nitrogens with one attached hydrogen (secondary N) is 1. The molecule has 2 aromatic carbocycles. The fourth-order valence-corrected chi connectivity index (χ4v) is 5.68. The molecule has 1 aliphatic carbocycles. The highest BCUT2D eigenvalue weighted by Gasteiger charge is 2.40. The quantitative estimate of drug-likeness (QED) is 0.454. The first-order chi connectivity index (χ1) is 17.7.